The van der Waals surface area contributed by atoms with E-state index in [0.717, 1.165) is 31.7 Å². The minimum atomic E-state index is 0.411. The van der Waals surface area contributed by atoms with Crippen LogP contribution in [-0.2, 0) is 6.42 Å². The van der Waals surface area contributed by atoms with Gasteiger partial charge in [0.2, 0.25) is 0 Å². The Hall–Kier alpha value is -1.49. The normalized spacial score (nSPS) is 21.7. The maximum atomic E-state index is 4.78. The number of thiophene rings is 1. The largest absolute Gasteiger partial charge is 0.370 e. The van der Waals surface area contributed by atoms with Gasteiger partial charge in [0, 0.05) is 23.5 Å². The van der Waals surface area contributed by atoms with Gasteiger partial charge in [-0.2, -0.15) is 5.10 Å². The van der Waals surface area contributed by atoms with Crippen molar-refractivity contribution in [2.24, 2.45) is 0 Å². The molecule has 18 heavy (non-hydrogen) atoms. The van der Waals surface area contributed by atoms with Crippen LogP contribution in [0.5, 0.6) is 0 Å². The first-order chi connectivity index (χ1) is 8.93. The molecule has 0 saturated carbocycles. The van der Waals surface area contributed by atoms with Crippen molar-refractivity contribution in [2.75, 3.05) is 23.7 Å². The van der Waals surface area contributed by atoms with Gasteiger partial charge in [-0.1, -0.05) is 6.07 Å². The van der Waals surface area contributed by atoms with Gasteiger partial charge in [0.05, 0.1) is 6.04 Å². The third kappa shape index (κ3) is 1.47. The molecule has 0 spiro atoms. The van der Waals surface area contributed by atoms with Gasteiger partial charge < -0.3 is 10.6 Å². The molecule has 2 N–H and O–H groups in total. The summed E-state index contributed by atoms with van der Waals surface area (Å²) in [6.45, 7) is 2.09. The summed E-state index contributed by atoms with van der Waals surface area (Å²) >= 11 is 1.83. The molecule has 0 aliphatic carbocycles. The highest BCUT2D eigenvalue weighted by molar-refractivity contribution is 7.10. The first-order valence-corrected chi connectivity index (χ1v) is 7.44. The average Bonchev–Trinajstić information content (AvgIpc) is 3.05. The standard InChI is InChI=1S/C13H16N4S/c1-3-9-12(14-6-1)16-17-10(5-7-15-13(9)17)11-4-2-8-18-11/h2,4,8,10,15H,1,3,5-7H2,(H,14,16). The monoisotopic (exact) mass is 260 g/mol. The number of aromatic nitrogens is 2. The van der Waals surface area contributed by atoms with Gasteiger partial charge >= 0.3 is 0 Å². The third-order valence-corrected chi connectivity index (χ3v) is 4.76. The lowest BCUT2D eigenvalue weighted by atomic mass is 10.1. The zero-order valence-electron chi connectivity index (χ0n) is 10.1. The topological polar surface area (TPSA) is 41.9 Å². The Morgan fingerprint density at radius 2 is 2.33 bits per heavy atom. The van der Waals surface area contributed by atoms with Crippen LogP contribution in [0.15, 0.2) is 17.5 Å². The third-order valence-electron chi connectivity index (χ3n) is 3.78. The van der Waals surface area contributed by atoms with Gasteiger partial charge in [0.1, 0.15) is 5.82 Å². The first kappa shape index (κ1) is 10.4. The van der Waals surface area contributed by atoms with Gasteiger partial charge in [-0.05, 0) is 30.7 Å². The number of anilines is 2. The maximum absolute atomic E-state index is 4.78. The number of hydrogen-bond donors (Lipinski definition) is 2. The quantitative estimate of drug-likeness (QED) is 0.828. The molecule has 5 heteroatoms. The van der Waals surface area contributed by atoms with Crippen molar-refractivity contribution in [2.45, 2.75) is 25.3 Å². The molecular formula is C13H16N4S. The van der Waals surface area contributed by atoms with Crippen molar-refractivity contribution in [3.63, 3.8) is 0 Å². The van der Waals surface area contributed by atoms with Crippen molar-refractivity contribution in [1.82, 2.24) is 9.78 Å². The van der Waals surface area contributed by atoms with Gasteiger partial charge in [0.15, 0.2) is 5.82 Å². The zero-order chi connectivity index (χ0) is 11.9. The average molecular weight is 260 g/mol. The molecule has 0 radical (unpaired) electrons. The van der Waals surface area contributed by atoms with E-state index >= 15 is 0 Å². The lowest BCUT2D eigenvalue weighted by Crippen LogP contribution is -2.24. The summed E-state index contributed by atoms with van der Waals surface area (Å²) in [6.07, 6.45) is 3.47. The molecule has 0 saturated heterocycles. The van der Waals surface area contributed by atoms with Gasteiger partial charge in [-0.3, -0.25) is 0 Å². The lowest BCUT2D eigenvalue weighted by Gasteiger charge is -2.25. The predicted octanol–water partition coefficient (Wildman–Crippen LogP) is 2.71. The Labute approximate surface area is 110 Å². The Morgan fingerprint density at radius 1 is 1.33 bits per heavy atom. The van der Waals surface area contributed by atoms with Crippen LogP contribution in [0.1, 0.15) is 29.3 Å². The summed E-state index contributed by atoms with van der Waals surface area (Å²) in [5, 5.41) is 13.9. The molecule has 0 amide bonds. The Bertz CT molecular complexity index is 558. The van der Waals surface area contributed by atoms with Crippen LogP contribution >= 0.6 is 11.3 Å². The minimum Gasteiger partial charge on any atom is -0.370 e. The van der Waals surface area contributed by atoms with Gasteiger partial charge in [0.25, 0.3) is 0 Å². The highest BCUT2D eigenvalue weighted by Gasteiger charge is 2.28. The molecule has 0 bridgehead atoms. The van der Waals surface area contributed by atoms with Crippen molar-refractivity contribution >= 4 is 23.0 Å². The fraction of sp³-hybridized carbons (Fsp3) is 0.462. The van der Waals surface area contributed by atoms with E-state index in [1.165, 1.54) is 22.7 Å². The maximum Gasteiger partial charge on any atom is 0.153 e. The van der Waals surface area contributed by atoms with Gasteiger partial charge in [-0.25, -0.2) is 4.68 Å². The Balaban J connectivity index is 1.82. The second kappa shape index (κ2) is 4.02. The molecule has 2 aromatic rings. The molecule has 2 aromatic heterocycles. The number of nitrogens with one attached hydrogen (secondary N) is 2. The zero-order valence-corrected chi connectivity index (χ0v) is 11.0. The van der Waals surface area contributed by atoms with Crippen molar-refractivity contribution in [3.05, 3.63) is 28.0 Å². The lowest BCUT2D eigenvalue weighted by molar-refractivity contribution is 0.489. The van der Waals surface area contributed by atoms with Crippen LogP contribution in [-0.4, -0.2) is 22.9 Å². The molecule has 1 unspecified atom stereocenters. The molecule has 94 valence electrons. The SMILES string of the molecule is c1csc(C2CCNc3c4c(nn32)NCCC4)c1. The summed E-state index contributed by atoms with van der Waals surface area (Å²) in [7, 11) is 0. The summed E-state index contributed by atoms with van der Waals surface area (Å²) in [6, 6.07) is 4.76. The molecular weight excluding hydrogens is 244 g/mol. The van der Waals surface area contributed by atoms with Crippen molar-refractivity contribution in [1.29, 1.82) is 0 Å². The minimum absolute atomic E-state index is 0.411. The molecule has 1 atom stereocenters. The number of fused-ring (bicyclic) bond motifs is 3. The highest BCUT2D eigenvalue weighted by atomic mass is 32.1. The predicted molar refractivity (Wildman–Crippen MR) is 74.6 cm³/mol. The summed E-state index contributed by atoms with van der Waals surface area (Å²) in [5.74, 6) is 2.33. The van der Waals surface area contributed by atoms with E-state index in [4.69, 9.17) is 5.10 Å². The van der Waals surface area contributed by atoms with Crippen molar-refractivity contribution < 1.29 is 0 Å². The fourth-order valence-corrected chi connectivity index (χ4v) is 3.77. The van der Waals surface area contributed by atoms with E-state index < -0.39 is 0 Å². The van der Waals surface area contributed by atoms with Crippen molar-refractivity contribution in [3.8, 4) is 0 Å². The summed E-state index contributed by atoms with van der Waals surface area (Å²) in [5.41, 5.74) is 1.38. The first-order valence-electron chi connectivity index (χ1n) is 6.56. The fourth-order valence-electron chi connectivity index (χ4n) is 2.93. The van der Waals surface area contributed by atoms with Crippen LogP contribution in [0.4, 0.5) is 11.6 Å². The molecule has 4 rings (SSSR count). The van der Waals surface area contributed by atoms with E-state index in [-0.39, 0.29) is 0 Å². The molecule has 0 fully saturated rings. The van der Waals surface area contributed by atoms with Crippen LogP contribution in [0.3, 0.4) is 0 Å². The molecule has 4 nitrogen and oxygen atoms in total. The van der Waals surface area contributed by atoms with Gasteiger partial charge in [-0.15, -0.1) is 11.3 Å². The summed E-state index contributed by atoms with van der Waals surface area (Å²) in [4.78, 5) is 1.41. The Kier molecular flexibility index (Phi) is 2.33. The molecule has 2 aliphatic heterocycles. The molecule has 4 heterocycles. The summed E-state index contributed by atoms with van der Waals surface area (Å²) < 4.78 is 2.19. The smallest absolute Gasteiger partial charge is 0.153 e. The number of rotatable bonds is 1. The van der Waals surface area contributed by atoms with E-state index in [9.17, 15) is 0 Å². The van der Waals surface area contributed by atoms with Crippen LogP contribution in [0.2, 0.25) is 0 Å². The van der Waals surface area contributed by atoms with E-state index in [0.29, 0.717) is 6.04 Å². The highest BCUT2D eigenvalue weighted by Crippen LogP contribution is 2.37. The van der Waals surface area contributed by atoms with E-state index in [2.05, 4.69) is 32.8 Å². The van der Waals surface area contributed by atoms with E-state index in [1.807, 2.05) is 11.3 Å². The Morgan fingerprint density at radius 3 is 3.22 bits per heavy atom. The van der Waals surface area contributed by atoms with Crippen LogP contribution < -0.4 is 10.6 Å². The molecule has 2 aliphatic rings. The second-order valence-electron chi connectivity index (χ2n) is 4.90. The van der Waals surface area contributed by atoms with Crippen LogP contribution in [0.25, 0.3) is 0 Å². The molecule has 0 aromatic carbocycles. The number of nitrogens with zero attached hydrogens (tertiary/aromatic N) is 2. The van der Waals surface area contributed by atoms with Crippen LogP contribution in [0, 0.1) is 0 Å². The van der Waals surface area contributed by atoms with E-state index in [1.54, 1.807) is 0 Å². The number of hydrogen-bond acceptors (Lipinski definition) is 4. The second-order valence-corrected chi connectivity index (χ2v) is 5.88.